The highest BCUT2D eigenvalue weighted by molar-refractivity contribution is 5.48. The Labute approximate surface area is 196 Å². The Balaban J connectivity index is 1.47. The maximum Gasteiger partial charge on any atom is 0.416 e. The average Bonchev–Trinajstić information content (AvgIpc) is 3.00. The molecule has 4 nitrogen and oxygen atoms in total. The van der Waals surface area contributed by atoms with Crippen LogP contribution in [0.1, 0.15) is 52.3 Å². The molecule has 2 aliphatic heterocycles. The van der Waals surface area contributed by atoms with Crippen LogP contribution in [0.25, 0.3) is 0 Å². The van der Waals surface area contributed by atoms with Crippen molar-refractivity contribution in [3.05, 3.63) is 100 Å². The monoisotopic (exact) mass is 469 g/mol. The summed E-state index contributed by atoms with van der Waals surface area (Å²) in [5, 5.41) is 21.0. The van der Waals surface area contributed by atoms with Crippen LogP contribution in [0.2, 0.25) is 0 Å². The number of aliphatic hydroxyl groups excluding tert-OH is 1. The molecule has 0 amide bonds. The zero-order chi connectivity index (χ0) is 23.9. The van der Waals surface area contributed by atoms with Crippen molar-refractivity contribution >= 4 is 0 Å². The van der Waals surface area contributed by atoms with Gasteiger partial charge in [-0.1, -0.05) is 42.5 Å². The molecule has 2 N–H and O–H groups in total. The van der Waals surface area contributed by atoms with Gasteiger partial charge >= 0.3 is 6.18 Å². The van der Waals surface area contributed by atoms with Crippen molar-refractivity contribution in [3.63, 3.8) is 0 Å². The second kappa shape index (κ2) is 8.73. The van der Waals surface area contributed by atoms with Gasteiger partial charge in [-0.15, -0.1) is 0 Å². The molecule has 2 heterocycles. The van der Waals surface area contributed by atoms with Gasteiger partial charge in [0.1, 0.15) is 12.4 Å². The summed E-state index contributed by atoms with van der Waals surface area (Å²) in [6.07, 6.45) is -3.84. The largest absolute Gasteiger partial charge is 0.489 e. The third kappa shape index (κ3) is 4.19. The minimum Gasteiger partial charge on any atom is -0.489 e. The van der Waals surface area contributed by atoms with Gasteiger partial charge in [0, 0.05) is 18.7 Å². The van der Waals surface area contributed by atoms with Crippen LogP contribution in [0.3, 0.4) is 0 Å². The lowest BCUT2D eigenvalue weighted by Gasteiger charge is -2.42. The van der Waals surface area contributed by atoms with Crippen LogP contribution in [0, 0.1) is 0 Å². The number of hydrogen-bond donors (Lipinski definition) is 2. The molecule has 1 fully saturated rings. The molecule has 178 valence electrons. The van der Waals surface area contributed by atoms with E-state index in [4.69, 9.17) is 4.74 Å². The number of benzene rings is 3. The van der Waals surface area contributed by atoms with Crippen molar-refractivity contribution in [1.82, 2.24) is 4.90 Å². The van der Waals surface area contributed by atoms with E-state index in [1.54, 1.807) is 6.07 Å². The highest BCUT2D eigenvalue weighted by Crippen LogP contribution is 2.44. The number of nitrogens with zero attached hydrogens (tertiary/aromatic N) is 1. The minimum absolute atomic E-state index is 0.0864. The van der Waals surface area contributed by atoms with Crippen LogP contribution >= 0.6 is 0 Å². The van der Waals surface area contributed by atoms with Crippen molar-refractivity contribution in [2.24, 2.45) is 0 Å². The standard InChI is InChI=1S/C27H26F3NO3/c28-27(29,30)21-6-3-5-20(15-21)26(33)10-12-31(13-11-26)25-22-7-2-1-4-19(22)17-34-24-9-8-18(16-32)14-23(24)25/h1-9,14-15,25,32-33H,10-13,16-17H2. The van der Waals surface area contributed by atoms with E-state index in [0.29, 0.717) is 38.1 Å². The molecule has 0 spiro atoms. The van der Waals surface area contributed by atoms with Crippen molar-refractivity contribution < 1.29 is 28.1 Å². The van der Waals surface area contributed by atoms with Crippen molar-refractivity contribution in [3.8, 4) is 5.75 Å². The van der Waals surface area contributed by atoms with E-state index in [1.807, 2.05) is 36.4 Å². The fourth-order valence-corrected chi connectivity index (χ4v) is 5.12. The van der Waals surface area contributed by atoms with Gasteiger partial charge in [-0.2, -0.15) is 13.2 Å². The average molecular weight is 470 g/mol. The Morgan fingerprint density at radius 1 is 0.941 bits per heavy atom. The lowest BCUT2D eigenvalue weighted by atomic mass is 9.82. The molecule has 7 heteroatoms. The summed E-state index contributed by atoms with van der Waals surface area (Å²) in [5.74, 6) is 0.747. The van der Waals surface area contributed by atoms with Crippen LogP contribution in [0.15, 0.2) is 66.7 Å². The number of aliphatic hydroxyl groups is 2. The third-order valence-electron chi connectivity index (χ3n) is 7.00. The van der Waals surface area contributed by atoms with Gasteiger partial charge in [-0.25, -0.2) is 0 Å². The van der Waals surface area contributed by atoms with Gasteiger partial charge < -0.3 is 14.9 Å². The molecular weight excluding hydrogens is 443 g/mol. The number of ether oxygens (including phenoxy) is 1. The van der Waals surface area contributed by atoms with Crippen LogP contribution in [0.5, 0.6) is 5.75 Å². The summed E-state index contributed by atoms with van der Waals surface area (Å²) in [7, 11) is 0. The Bertz CT molecular complexity index is 1190. The summed E-state index contributed by atoms with van der Waals surface area (Å²) in [5.41, 5.74) is 2.11. The molecule has 3 aromatic rings. The van der Waals surface area contributed by atoms with Gasteiger partial charge in [0.15, 0.2) is 0 Å². The molecule has 1 atom stereocenters. The first-order valence-electron chi connectivity index (χ1n) is 11.4. The maximum atomic E-state index is 13.2. The quantitative estimate of drug-likeness (QED) is 0.556. The highest BCUT2D eigenvalue weighted by Gasteiger charge is 2.40. The zero-order valence-electron chi connectivity index (χ0n) is 18.6. The van der Waals surface area contributed by atoms with Gasteiger partial charge in [-0.3, -0.25) is 4.90 Å². The molecule has 0 radical (unpaired) electrons. The number of hydrogen-bond acceptors (Lipinski definition) is 4. The van der Waals surface area contributed by atoms with E-state index >= 15 is 0 Å². The Hall–Kier alpha value is -2.87. The predicted octanol–water partition coefficient (Wildman–Crippen LogP) is 5.16. The molecule has 0 aromatic heterocycles. The first kappa shape index (κ1) is 22.9. The summed E-state index contributed by atoms with van der Waals surface area (Å²) in [4.78, 5) is 2.25. The van der Waals surface area contributed by atoms with E-state index in [1.165, 1.54) is 6.07 Å². The lowest BCUT2D eigenvalue weighted by Crippen LogP contribution is -2.44. The normalized spacial score (nSPS) is 20.1. The number of likely N-dealkylation sites (tertiary alicyclic amines) is 1. The zero-order valence-corrected chi connectivity index (χ0v) is 18.6. The van der Waals surface area contributed by atoms with Gasteiger partial charge in [0.2, 0.25) is 0 Å². The van der Waals surface area contributed by atoms with Crippen molar-refractivity contribution in [1.29, 1.82) is 0 Å². The van der Waals surface area contributed by atoms with E-state index in [0.717, 1.165) is 40.1 Å². The second-order valence-corrected chi connectivity index (χ2v) is 9.07. The second-order valence-electron chi connectivity index (χ2n) is 9.07. The molecule has 0 saturated carbocycles. The van der Waals surface area contributed by atoms with Gasteiger partial charge in [-0.05, 0) is 59.4 Å². The molecule has 0 aliphatic carbocycles. The molecule has 5 rings (SSSR count). The third-order valence-corrected chi connectivity index (χ3v) is 7.00. The SMILES string of the molecule is OCc1ccc2c(c1)C(N1CCC(O)(c3cccc(C(F)(F)F)c3)CC1)c1ccccc1CO2. The highest BCUT2D eigenvalue weighted by atomic mass is 19.4. The topological polar surface area (TPSA) is 52.9 Å². The van der Waals surface area contributed by atoms with Gasteiger partial charge in [0.05, 0.1) is 23.8 Å². The first-order valence-corrected chi connectivity index (χ1v) is 11.4. The molecule has 2 aliphatic rings. The lowest BCUT2D eigenvalue weighted by molar-refractivity contribution is -0.137. The molecular formula is C27H26F3NO3. The van der Waals surface area contributed by atoms with E-state index in [2.05, 4.69) is 11.0 Å². The van der Waals surface area contributed by atoms with E-state index in [9.17, 15) is 23.4 Å². The van der Waals surface area contributed by atoms with Crippen LogP contribution in [0.4, 0.5) is 13.2 Å². The van der Waals surface area contributed by atoms with Crippen LogP contribution < -0.4 is 4.74 Å². The number of piperidine rings is 1. The smallest absolute Gasteiger partial charge is 0.416 e. The maximum absolute atomic E-state index is 13.2. The summed E-state index contributed by atoms with van der Waals surface area (Å²) in [6.45, 7) is 1.33. The van der Waals surface area contributed by atoms with Crippen LogP contribution in [-0.2, 0) is 25.0 Å². The summed E-state index contributed by atoms with van der Waals surface area (Å²) < 4.78 is 45.8. The van der Waals surface area contributed by atoms with Crippen LogP contribution in [-0.4, -0.2) is 28.2 Å². The Kier molecular flexibility index (Phi) is 5.88. The molecule has 1 saturated heterocycles. The van der Waals surface area contributed by atoms with E-state index < -0.39 is 17.3 Å². The van der Waals surface area contributed by atoms with Gasteiger partial charge in [0.25, 0.3) is 0 Å². The minimum atomic E-state index is -4.45. The molecule has 34 heavy (non-hydrogen) atoms. The fraction of sp³-hybridized carbons (Fsp3) is 0.333. The number of rotatable bonds is 3. The summed E-state index contributed by atoms with van der Waals surface area (Å²) in [6, 6.07) is 18.6. The number of alkyl halides is 3. The first-order chi connectivity index (χ1) is 16.3. The predicted molar refractivity (Wildman–Crippen MR) is 121 cm³/mol. The molecule has 3 aromatic carbocycles. The van der Waals surface area contributed by atoms with E-state index in [-0.39, 0.29) is 12.6 Å². The number of halogens is 3. The van der Waals surface area contributed by atoms with Crippen molar-refractivity contribution in [2.45, 2.75) is 43.9 Å². The van der Waals surface area contributed by atoms with Crippen molar-refractivity contribution in [2.75, 3.05) is 13.1 Å². The Morgan fingerprint density at radius 2 is 1.71 bits per heavy atom. The number of fused-ring (bicyclic) bond motifs is 2. The fourth-order valence-electron chi connectivity index (χ4n) is 5.12. The summed E-state index contributed by atoms with van der Waals surface area (Å²) >= 11 is 0. The Morgan fingerprint density at radius 3 is 2.44 bits per heavy atom. The molecule has 1 unspecified atom stereocenters. The molecule has 0 bridgehead atoms.